The topological polar surface area (TPSA) is 3.88 Å². The molecule has 0 amide bonds. The summed E-state index contributed by atoms with van der Waals surface area (Å²) in [6.07, 6.45) is 1.13. The Hall–Kier alpha value is -2.41. The van der Waals surface area contributed by atoms with E-state index < -0.39 is 0 Å². The molecule has 1 heteroatoms. The summed E-state index contributed by atoms with van der Waals surface area (Å²) in [4.78, 5) is 0. The van der Waals surface area contributed by atoms with Crippen LogP contribution in [0.2, 0.25) is 0 Å². The van der Waals surface area contributed by atoms with Crippen LogP contribution in [0.25, 0.3) is 22.4 Å². The van der Waals surface area contributed by atoms with E-state index in [9.17, 15) is 0 Å². The van der Waals surface area contributed by atoms with E-state index in [1.807, 2.05) is 0 Å². The molecular weight excluding hydrogens is 266 g/mol. The van der Waals surface area contributed by atoms with E-state index in [1.165, 1.54) is 28.1 Å². The fourth-order valence-electron chi connectivity index (χ4n) is 2.93. The number of pyridine rings is 1. The summed E-state index contributed by atoms with van der Waals surface area (Å²) < 4.78 is 2.42. The maximum atomic E-state index is 2.42. The summed E-state index contributed by atoms with van der Waals surface area (Å²) in [6.45, 7) is 5.48. The van der Waals surface area contributed by atoms with E-state index >= 15 is 0 Å². The summed E-state index contributed by atoms with van der Waals surface area (Å²) in [5.74, 6) is 0. The Labute approximate surface area is 132 Å². The van der Waals surface area contributed by atoms with Crippen LogP contribution in [0.3, 0.4) is 0 Å². The molecule has 1 heterocycles. The number of hydrogen-bond acceptors (Lipinski definition) is 0. The van der Waals surface area contributed by atoms with Gasteiger partial charge in [0.2, 0.25) is 5.69 Å². The maximum absolute atomic E-state index is 2.42. The molecule has 22 heavy (non-hydrogen) atoms. The Morgan fingerprint density at radius 3 is 1.91 bits per heavy atom. The molecule has 0 aliphatic heterocycles. The smallest absolute Gasteiger partial charge is 0.196 e. The second kappa shape index (κ2) is 6.57. The Morgan fingerprint density at radius 1 is 0.727 bits per heavy atom. The third kappa shape index (κ3) is 2.94. The molecule has 0 atom stereocenters. The van der Waals surface area contributed by atoms with Crippen LogP contribution in [-0.2, 0) is 6.54 Å². The largest absolute Gasteiger partial charge is 0.213 e. The molecule has 0 fully saturated rings. The quantitative estimate of drug-likeness (QED) is 0.593. The van der Waals surface area contributed by atoms with Crippen LogP contribution in [0.1, 0.15) is 19.0 Å². The Bertz CT molecular complexity index is 746. The number of rotatable bonds is 4. The van der Waals surface area contributed by atoms with Gasteiger partial charge in [-0.1, -0.05) is 55.5 Å². The van der Waals surface area contributed by atoms with Crippen molar-refractivity contribution in [3.8, 4) is 22.4 Å². The van der Waals surface area contributed by atoms with Gasteiger partial charge in [-0.2, -0.15) is 4.57 Å². The molecule has 0 N–H and O–H groups in total. The standard InChI is InChI=1S/C21H22N/c1-3-14-22-17(2)15-20(18-10-6-4-7-11-18)16-21(22)19-12-8-5-9-13-19/h4-13,15-16H,3,14H2,1-2H3/q+1. The van der Waals surface area contributed by atoms with Crippen molar-refractivity contribution in [2.45, 2.75) is 26.8 Å². The first-order valence-electron chi connectivity index (χ1n) is 7.95. The van der Waals surface area contributed by atoms with Crippen LogP contribution in [-0.4, -0.2) is 0 Å². The van der Waals surface area contributed by atoms with Gasteiger partial charge in [0.1, 0.15) is 6.54 Å². The first kappa shape index (κ1) is 14.5. The van der Waals surface area contributed by atoms with Gasteiger partial charge in [0, 0.05) is 31.0 Å². The molecule has 0 radical (unpaired) electrons. The molecular formula is C21H22N+. The molecule has 0 aliphatic rings. The second-order valence-corrected chi connectivity index (χ2v) is 5.65. The number of aryl methyl sites for hydroxylation is 1. The van der Waals surface area contributed by atoms with Crippen molar-refractivity contribution in [2.75, 3.05) is 0 Å². The van der Waals surface area contributed by atoms with Gasteiger partial charge in [0.05, 0.1) is 0 Å². The van der Waals surface area contributed by atoms with Crippen molar-refractivity contribution in [1.29, 1.82) is 0 Å². The minimum Gasteiger partial charge on any atom is -0.196 e. The fraction of sp³-hybridized carbons (Fsp3) is 0.190. The summed E-state index contributed by atoms with van der Waals surface area (Å²) in [6, 6.07) is 25.9. The molecule has 3 rings (SSSR count). The zero-order valence-electron chi connectivity index (χ0n) is 13.3. The Kier molecular flexibility index (Phi) is 4.34. The zero-order chi connectivity index (χ0) is 15.4. The van der Waals surface area contributed by atoms with Gasteiger partial charge >= 0.3 is 0 Å². The minimum atomic E-state index is 1.05. The summed E-state index contributed by atoms with van der Waals surface area (Å²) in [5.41, 5.74) is 6.43. The highest BCUT2D eigenvalue weighted by Gasteiger charge is 2.17. The highest BCUT2D eigenvalue weighted by atomic mass is 15.0. The molecule has 0 saturated carbocycles. The minimum absolute atomic E-state index is 1.05. The van der Waals surface area contributed by atoms with Crippen LogP contribution < -0.4 is 4.57 Å². The highest BCUT2D eigenvalue weighted by molar-refractivity contribution is 5.69. The van der Waals surface area contributed by atoms with Gasteiger partial charge in [-0.15, -0.1) is 0 Å². The van der Waals surface area contributed by atoms with E-state index in [1.54, 1.807) is 0 Å². The van der Waals surface area contributed by atoms with E-state index in [2.05, 4.69) is 91.2 Å². The molecule has 1 aromatic heterocycles. The predicted octanol–water partition coefficient (Wildman–Crippen LogP) is 5.03. The van der Waals surface area contributed by atoms with Gasteiger partial charge in [-0.3, -0.25) is 0 Å². The number of aromatic nitrogens is 1. The van der Waals surface area contributed by atoms with Crippen molar-refractivity contribution in [3.05, 3.63) is 78.5 Å². The lowest BCUT2D eigenvalue weighted by atomic mass is 10.0. The first-order chi connectivity index (χ1) is 10.8. The van der Waals surface area contributed by atoms with Gasteiger partial charge in [0.15, 0.2) is 5.69 Å². The van der Waals surface area contributed by atoms with Crippen molar-refractivity contribution in [1.82, 2.24) is 0 Å². The number of nitrogens with zero attached hydrogens (tertiary/aromatic N) is 1. The lowest BCUT2D eigenvalue weighted by Gasteiger charge is -2.10. The summed E-state index contributed by atoms with van der Waals surface area (Å²) in [5, 5.41) is 0. The van der Waals surface area contributed by atoms with Crippen LogP contribution >= 0.6 is 0 Å². The molecule has 0 spiro atoms. The van der Waals surface area contributed by atoms with Crippen LogP contribution in [0.4, 0.5) is 0 Å². The third-order valence-electron chi connectivity index (χ3n) is 4.00. The van der Waals surface area contributed by atoms with E-state index in [0.29, 0.717) is 0 Å². The van der Waals surface area contributed by atoms with Crippen molar-refractivity contribution in [2.24, 2.45) is 0 Å². The predicted molar refractivity (Wildman–Crippen MR) is 92.5 cm³/mol. The lowest BCUT2D eigenvalue weighted by molar-refractivity contribution is -0.692. The molecule has 3 aromatic rings. The Morgan fingerprint density at radius 2 is 1.32 bits per heavy atom. The van der Waals surface area contributed by atoms with Crippen LogP contribution in [0.15, 0.2) is 72.8 Å². The average Bonchev–Trinajstić information content (AvgIpc) is 2.58. The van der Waals surface area contributed by atoms with Gasteiger partial charge in [-0.25, -0.2) is 0 Å². The Balaban J connectivity index is 2.19. The van der Waals surface area contributed by atoms with Crippen molar-refractivity contribution in [3.63, 3.8) is 0 Å². The lowest BCUT2D eigenvalue weighted by Crippen LogP contribution is -2.39. The molecule has 0 saturated heterocycles. The second-order valence-electron chi connectivity index (χ2n) is 5.65. The SMILES string of the molecule is CCC[n+]1c(C)cc(-c2ccccc2)cc1-c1ccccc1. The number of benzene rings is 2. The van der Waals surface area contributed by atoms with E-state index in [0.717, 1.165) is 13.0 Å². The summed E-state index contributed by atoms with van der Waals surface area (Å²) >= 11 is 0. The van der Waals surface area contributed by atoms with Crippen LogP contribution in [0, 0.1) is 6.92 Å². The average molecular weight is 288 g/mol. The molecule has 0 bridgehead atoms. The third-order valence-corrected chi connectivity index (χ3v) is 4.00. The van der Waals surface area contributed by atoms with Gasteiger partial charge < -0.3 is 0 Å². The van der Waals surface area contributed by atoms with Crippen LogP contribution in [0.5, 0.6) is 0 Å². The monoisotopic (exact) mass is 288 g/mol. The van der Waals surface area contributed by atoms with E-state index in [-0.39, 0.29) is 0 Å². The summed E-state index contributed by atoms with van der Waals surface area (Å²) in [7, 11) is 0. The van der Waals surface area contributed by atoms with Crippen molar-refractivity contribution >= 4 is 0 Å². The normalized spacial score (nSPS) is 10.6. The zero-order valence-corrected chi connectivity index (χ0v) is 13.3. The molecule has 0 aliphatic carbocycles. The molecule has 0 unspecified atom stereocenters. The van der Waals surface area contributed by atoms with Crippen molar-refractivity contribution < 1.29 is 4.57 Å². The molecule has 2 aromatic carbocycles. The molecule has 1 nitrogen and oxygen atoms in total. The number of hydrogen-bond donors (Lipinski definition) is 0. The van der Waals surface area contributed by atoms with E-state index in [4.69, 9.17) is 0 Å². The molecule has 110 valence electrons. The maximum Gasteiger partial charge on any atom is 0.213 e. The van der Waals surface area contributed by atoms with Gasteiger partial charge in [0.25, 0.3) is 0 Å². The first-order valence-corrected chi connectivity index (χ1v) is 7.95. The highest BCUT2D eigenvalue weighted by Crippen LogP contribution is 2.25. The fourth-order valence-corrected chi connectivity index (χ4v) is 2.93. The van der Waals surface area contributed by atoms with Gasteiger partial charge in [-0.05, 0) is 23.3 Å².